The van der Waals surface area contributed by atoms with E-state index in [2.05, 4.69) is 79.2 Å². The van der Waals surface area contributed by atoms with Crippen molar-refractivity contribution in [2.24, 2.45) is 0 Å². The predicted octanol–water partition coefficient (Wildman–Crippen LogP) is 6.44. The first-order chi connectivity index (χ1) is 13.6. The van der Waals surface area contributed by atoms with Crippen molar-refractivity contribution >= 4 is 53.7 Å². The smallest absolute Gasteiger partial charge is 0.150 e. The van der Waals surface area contributed by atoms with Gasteiger partial charge in [-0.25, -0.2) is 4.68 Å². The number of nitrogens with zero attached hydrogens (tertiary/aromatic N) is 3. The number of halogens is 2. The maximum Gasteiger partial charge on any atom is 0.150 e. The highest BCUT2D eigenvalue weighted by Crippen LogP contribution is 2.31. The second-order valence-electron chi connectivity index (χ2n) is 7.07. The highest BCUT2D eigenvalue weighted by Gasteiger charge is 2.19. The largest absolute Gasteiger partial charge is 0.356 e. The summed E-state index contributed by atoms with van der Waals surface area (Å²) in [6.45, 7) is 5.01. The Bertz CT molecular complexity index is 1110. The topological polar surface area (TPSA) is 55.7 Å². The van der Waals surface area contributed by atoms with E-state index in [4.69, 9.17) is 4.74 Å². The third-order valence-electron chi connectivity index (χ3n) is 5.09. The molecule has 1 unspecified atom stereocenters. The van der Waals surface area contributed by atoms with Crippen LogP contribution in [-0.2, 0) is 4.74 Å². The Morgan fingerprint density at radius 1 is 1.00 bits per heavy atom. The van der Waals surface area contributed by atoms with Crippen molar-refractivity contribution in [3.05, 3.63) is 56.7 Å². The Morgan fingerprint density at radius 3 is 2.50 bits per heavy atom. The summed E-state index contributed by atoms with van der Waals surface area (Å²) in [6, 6.07) is 8.33. The lowest BCUT2D eigenvalue weighted by Gasteiger charge is -2.23. The fourth-order valence-electron chi connectivity index (χ4n) is 3.43. The van der Waals surface area contributed by atoms with Crippen molar-refractivity contribution in [3.63, 3.8) is 0 Å². The number of ether oxygens (including phenoxy) is 1. The first kappa shape index (κ1) is 19.6. The first-order valence-corrected chi connectivity index (χ1v) is 11.0. The van der Waals surface area contributed by atoms with Gasteiger partial charge in [0, 0.05) is 26.3 Å². The van der Waals surface area contributed by atoms with Gasteiger partial charge in [0.05, 0.1) is 23.4 Å². The number of aromatic amines is 1. The molecule has 28 heavy (non-hydrogen) atoms. The SMILES string of the molecule is Cc1ccc2[nH]ncc2c1Br.Cc1ccc2c(cnn2C2CCCCO2)c1Br. The van der Waals surface area contributed by atoms with E-state index in [0.29, 0.717) is 0 Å². The summed E-state index contributed by atoms with van der Waals surface area (Å²) in [6.07, 6.45) is 7.30. The Morgan fingerprint density at radius 2 is 1.75 bits per heavy atom. The molecule has 0 saturated carbocycles. The molecule has 0 bridgehead atoms. The molecule has 1 aliphatic rings. The van der Waals surface area contributed by atoms with Gasteiger partial charge in [0.2, 0.25) is 0 Å². The zero-order valence-electron chi connectivity index (χ0n) is 15.9. The molecule has 7 heteroatoms. The molecule has 2 aromatic carbocycles. The highest BCUT2D eigenvalue weighted by atomic mass is 79.9. The van der Waals surface area contributed by atoms with Gasteiger partial charge in [-0.3, -0.25) is 5.10 Å². The van der Waals surface area contributed by atoms with Gasteiger partial charge < -0.3 is 4.74 Å². The predicted molar refractivity (Wildman–Crippen MR) is 120 cm³/mol. The van der Waals surface area contributed by atoms with Crippen LogP contribution in [0.15, 0.2) is 45.6 Å². The van der Waals surface area contributed by atoms with Gasteiger partial charge in [0.15, 0.2) is 6.23 Å². The number of fused-ring (bicyclic) bond motifs is 2. The summed E-state index contributed by atoms with van der Waals surface area (Å²) in [4.78, 5) is 0. The average molecular weight is 506 g/mol. The van der Waals surface area contributed by atoms with Gasteiger partial charge >= 0.3 is 0 Å². The monoisotopic (exact) mass is 504 g/mol. The standard InChI is InChI=1S/C13H15BrN2O.C8H7BrN2/c1-9-5-6-11-10(13(9)14)8-15-16(11)12-4-2-3-7-17-12;1-5-2-3-7-6(8(5)9)4-10-11-7/h5-6,8,12H,2-4,7H2,1H3;2-4H,1H3,(H,10,11). The molecule has 1 N–H and O–H groups in total. The van der Waals surface area contributed by atoms with Crippen LogP contribution in [0.3, 0.4) is 0 Å². The van der Waals surface area contributed by atoms with Crippen LogP contribution in [0.1, 0.15) is 36.6 Å². The Kier molecular flexibility index (Phi) is 5.85. The van der Waals surface area contributed by atoms with Crippen LogP contribution in [0.4, 0.5) is 0 Å². The molecule has 4 aromatic rings. The van der Waals surface area contributed by atoms with Crippen LogP contribution in [0, 0.1) is 13.8 Å². The van der Waals surface area contributed by atoms with Crippen LogP contribution in [-0.4, -0.2) is 26.6 Å². The van der Waals surface area contributed by atoms with Gasteiger partial charge in [-0.1, -0.05) is 12.1 Å². The van der Waals surface area contributed by atoms with E-state index in [1.807, 2.05) is 23.1 Å². The Labute approximate surface area is 180 Å². The first-order valence-electron chi connectivity index (χ1n) is 9.38. The third kappa shape index (κ3) is 3.75. The molecule has 0 amide bonds. The van der Waals surface area contributed by atoms with Crippen molar-refractivity contribution in [1.82, 2.24) is 20.0 Å². The maximum absolute atomic E-state index is 5.79. The summed E-state index contributed by atoms with van der Waals surface area (Å²) >= 11 is 7.12. The van der Waals surface area contributed by atoms with Gasteiger partial charge in [0.25, 0.3) is 0 Å². The van der Waals surface area contributed by atoms with Gasteiger partial charge in [-0.2, -0.15) is 10.2 Å². The number of nitrogens with one attached hydrogen (secondary N) is 1. The Balaban J connectivity index is 0.000000151. The molecule has 0 spiro atoms. The fraction of sp³-hybridized carbons (Fsp3) is 0.333. The van der Waals surface area contributed by atoms with E-state index in [1.165, 1.54) is 29.4 Å². The minimum Gasteiger partial charge on any atom is -0.356 e. The van der Waals surface area contributed by atoms with Crippen LogP contribution < -0.4 is 0 Å². The third-order valence-corrected chi connectivity index (χ3v) is 7.19. The summed E-state index contributed by atoms with van der Waals surface area (Å²) in [5.74, 6) is 0. The fourth-order valence-corrected chi connectivity index (χ4v) is 4.32. The maximum atomic E-state index is 5.79. The molecule has 3 heterocycles. The molecular formula is C21H22Br2N4O. The van der Waals surface area contributed by atoms with E-state index >= 15 is 0 Å². The number of benzene rings is 2. The number of aromatic nitrogens is 4. The van der Waals surface area contributed by atoms with Crippen molar-refractivity contribution in [1.29, 1.82) is 0 Å². The average Bonchev–Trinajstić information content (AvgIpc) is 3.36. The van der Waals surface area contributed by atoms with Crippen molar-refractivity contribution < 1.29 is 4.74 Å². The lowest BCUT2D eigenvalue weighted by molar-refractivity contribution is -0.0366. The van der Waals surface area contributed by atoms with Crippen LogP contribution in [0.5, 0.6) is 0 Å². The number of rotatable bonds is 1. The minimum absolute atomic E-state index is 0.107. The van der Waals surface area contributed by atoms with E-state index in [-0.39, 0.29) is 6.23 Å². The lowest BCUT2D eigenvalue weighted by atomic mass is 10.1. The van der Waals surface area contributed by atoms with E-state index < -0.39 is 0 Å². The molecule has 5 rings (SSSR count). The van der Waals surface area contributed by atoms with Crippen molar-refractivity contribution in [3.8, 4) is 0 Å². The van der Waals surface area contributed by atoms with Crippen molar-refractivity contribution in [2.45, 2.75) is 39.3 Å². The van der Waals surface area contributed by atoms with Crippen LogP contribution in [0.2, 0.25) is 0 Å². The summed E-state index contributed by atoms with van der Waals surface area (Å²) < 4.78 is 10.1. The minimum atomic E-state index is 0.107. The molecule has 0 radical (unpaired) electrons. The van der Waals surface area contributed by atoms with Gasteiger partial charge in [-0.05, 0) is 88.2 Å². The van der Waals surface area contributed by atoms with E-state index in [1.54, 1.807) is 0 Å². The van der Waals surface area contributed by atoms with Crippen LogP contribution in [0.25, 0.3) is 21.8 Å². The van der Waals surface area contributed by atoms with Gasteiger partial charge in [0.1, 0.15) is 0 Å². The zero-order chi connectivity index (χ0) is 19.7. The second-order valence-corrected chi connectivity index (χ2v) is 8.65. The molecule has 1 fully saturated rings. The molecular weight excluding hydrogens is 484 g/mol. The van der Waals surface area contributed by atoms with E-state index in [0.717, 1.165) is 38.4 Å². The quantitative estimate of drug-likeness (QED) is 0.324. The molecule has 1 aliphatic heterocycles. The van der Waals surface area contributed by atoms with E-state index in [9.17, 15) is 0 Å². The highest BCUT2D eigenvalue weighted by molar-refractivity contribution is 9.11. The summed E-state index contributed by atoms with van der Waals surface area (Å²) in [7, 11) is 0. The number of hydrogen-bond donors (Lipinski definition) is 1. The molecule has 146 valence electrons. The zero-order valence-corrected chi connectivity index (χ0v) is 19.0. The molecule has 0 aliphatic carbocycles. The molecule has 1 atom stereocenters. The Hall–Kier alpha value is -1.70. The number of hydrogen-bond acceptors (Lipinski definition) is 3. The normalized spacial score (nSPS) is 16.9. The number of aryl methyl sites for hydroxylation is 2. The number of H-pyrrole nitrogens is 1. The van der Waals surface area contributed by atoms with Gasteiger partial charge in [-0.15, -0.1) is 0 Å². The lowest BCUT2D eigenvalue weighted by Crippen LogP contribution is -2.18. The van der Waals surface area contributed by atoms with Crippen LogP contribution >= 0.6 is 31.9 Å². The summed E-state index contributed by atoms with van der Waals surface area (Å²) in [5.41, 5.74) is 4.69. The second kappa shape index (κ2) is 8.35. The molecule has 5 nitrogen and oxygen atoms in total. The van der Waals surface area contributed by atoms with Crippen molar-refractivity contribution in [2.75, 3.05) is 6.61 Å². The summed E-state index contributed by atoms with van der Waals surface area (Å²) in [5, 5.41) is 13.6. The molecule has 2 aromatic heterocycles. The molecule has 1 saturated heterocycles.